The summed E-state index contributed by atoms with van der Waals surface area (Å²) in [5.41, 5.74) is 6.94. The number of nitrogens with two attached hydrogens (primary N) is 1. The molecule has 0 aromatic carbocycles. The summed E-state index contributed by atoms with van der Waals surface area (Å²) in [7, 11) is 0. The summed E-state index contributed by atoms with van der Waals surface area (Å²) in [6, 6.07) is 0. The lowest BCUT2D eigenvalue weighted by Gasteiger charge is -2.32. The number of piperazine rings is 1. The second kappa shape index (κ2) is 3.70. The molecule has 1 saturated heterocycles. The van der Waals surface area contributed by atoms with Gasteiger partial charge in [-0.05, 0) is 12.2 Å². The predicted molar refractivity (Wildman–Crippen MR) is 52.8 cm³/mol. The van der Waals surface area contributed by atoms with Crippen molar-refractivity contribution >= 4 is 0 Å². The summed E-state index contributed by atoms with van der Waals surface area (Å²) in [6.07, 6.45) is 4.04. The largest absolute Gasteiger partial charge is 0.386 e. The molecule has 0 aromatic heterocycles. The maximum Gasteiger partial charge on any atom is 0.0963 e. The van der Waals surface area contributed by atoms with Gasteiger partial charge in [-0.25, -0.2) is 0 Å². The fraction of sp³-hybridized carbons (Fsp3) is 0.556. The summed E-state index contributed by atoms with van der Waals surface area (Å²) in [6.45, 7) is 5.22. The Hall–Kier alpha value is -1.16. The van der Waals surface area contributed by atoms with E-state index in [-0.39, 0.29) is 0 Å². The summed E-state index contributed by atoms with van der Waals surface area (Å²) < 4.78 is 0. The van der Waals surface area contributed by atoms with E-state index in [9.17, 15) is 0 Å². The average Bonchev–Trinajstić information content (AvgIpc) is 2.20. The van der Waals surface area contributed by atoms with Gasteiger partial charge in [0.25, 0.3) is 0 Å². The van der Waals surface area contributed by atoms with Crippen LogP contribution in [-0.2, 0) is 0 Å². The molecule has 2 rings (SSSR count). The normalized spacial score (nSPS) is 23.2. The molecule has 2 aliphatic rings. The van der Waals surface area contributed by atoms with Crippen molar-refractivity contribution < 1.29 is 0 Å². The molecule has 0 atom stereocenters. The summed E-state index contributed by atoms with van der Waals surface area (Å²) in [5.74, 6) is 0.763. The highest BCUT2D eigenvalue weighted by Crippen LogP contribution is 2.08. The van der Waals surface area contributed by atoms with Crippen LogP contribution in [-0.4, -0.2) is 37.6 Å². The third-order valence-electron chi connectivity index (χ3n) is 2.45. The standard InChI is InChI=1S/C9H16N4/c10-9-2-1-8(7-12-9)13-5-3-11-4-6-13/h1-2,11-12H,3-7,10H2. The molecule has 0 saturated carbocycles. The smallest absolute Gasteiger partial charge is 0.0963 e. The van der Waals surface area contributed by atoms with Crippen molar-refractivity contribution in [2.75, 3.05) is 32.7 Å². The number of allylic oxidation sites excluding steroid dienone is 2. The van der Waals surface area contributed by atoms with Crippen molar-refractivity contribution in [2.45, 2.75) is 0 Å². The van der Waals surface area contributed by atoms with Gasteiger partial charge in [-0.2, -0.15) is 0 Å². The minimum Gasteiger partial charge on any atom is -0.386 e. The van der Waals surface area contributed by atoms with E-state index >= 15 is 0 Å². The highest BCUT2D eigenvalue weighted by Gasteiger charge is 2.13. The van der Waals surface area contributed by atoms with Crippen molar-refractivity contribution in [1.29, 1.82) is 0 Å². The molecular formula is C9H16N4. The maximum atomic E-state index is 5.60. The Labute approximate surface area is 78.5 Å². The summed E-state index contributed by atoms with van der Waals surface area (Å²) in [5, 5.41) is 6.47. The van der Waals surface area contributed by atoms with Crippen LogP contribution in [0.15, 0.2) is 23.7 Å². The van der Waals surface area contributed by atoms with Gasteiger partial charge in [-0.15, -0.1) is 0 Å². The topological polar surface area (TPSA) is 53.3 Å². The van der Waals surface area contributed by atoms with Crippen molar-refractivity contribution in [3.8, 4) is 0 Å². The number of nitrogens with one attached hydrogen (secondary N) is 2. The average molecular weight is 180 g/mol. The van der Waals surface area contributed by atoms with Gasteiger partial charge in [0.1, 0.15) is 0 Å². The highest BCUT2D eigenvalue weighted by atomic mass is 15.2. The molecule has 4 nitrogen and oxygen atoms in total. The van der Waals surface area contributed by atoms with Crippen molar-refractivity contribution in [3.05, 3.63) is 23.7 Å². The first-order valence-corrected chi connectivity index (χ1v) is 4.72. The lowest BCUT2D eigenvalue weighted by molar-refractivity contribution is 0.292. The fourth-order valence-corrected chi connectivity index (χ4v) is 1.67. The third kappa shape index (κ3) is 1.95. The van der Waals surface area contributed by atoms with Gasteiger partial charge < -0.3 is 21.3 Å². The van der Waals surface area contributed by atoms with E-state index in [0.29, 0.717) is 0 Å². The van der Waals surface area contributed by atoms with Gasteiger partial charge in [0, 0.05) is 31.9 Å². The molecule has 72 valence electrons. The molecule has 2 aliphatic heterocycles. The first-order valence-electron chi connectivity index (χ1n) is 4.72. The number of hydrogen-bond acceptors (Lipinski definition) is 4. The Morgan fingerprint density at radius 3 is 2.62 bits per heavy atom. The van der Waals surface area contributed by atoms with E-state index < -0.39 is 0 Å². The predicted octanol–water partition coefficient (Wildman–Crippen LogP) is -0.821. The number of nitrogens with zero attached hydrogens (tertiary/aromatic N) is 1. The van der Waals surface area contributed by atoms with Gasteiger partial charge in [-0.3, -0.25) is 0 Å². The SMILES string of the molecule is NC1=CC=C(N2CCNCC2)CN1. The van der Waals surface area contributed by atoms with Gasteiger partial charge >= 0.3 is 0 Å². The van der Waals surface area contributed by atoms with Crippen LogP contribution in [0, 0.1) is 0 Å². The van der Waals surface area contributed by atoms with Crippen LogP contribution in [0.4, 0.5) is 0 Å². The molecule has 0 aliphatic carbocycles. The molecule has 2 heterocycles. The zero-order valence-corrected chi connectivity index (χ0v) is 7.71. The van der Waals surface area contributed by atoms with Crippen LogP contribution < -0.4 is 16.4 Å². The van der Waals surface area contributed by atoms with Crippen LogP contribution in [0.5, 0.6) is 0 Å². The van der Waals surface area contributed by atoms with E-state index in [4.69, 9.17) is 5.73 Å². The second-order valence-electron chi connectivity index (χ2n) is 3.37. The number of dihydropyridines is 1. The maximum absolute atomic E-state index is 5.60. The first kappa shape index (κ1) is 8.44. The lowest BCUT2D eigenvalue weighted by Crippen LogP contribution is -2.45. The number of hydrogen-bond donors (Lipinski definition) is 3. The van der Waals surface area contributed by atoms with Gasteiger partial charge in [0.05, 0.1) is 12.4 Å². The van der Waals surface area contributed by atoms with Crippen molar-refractivity contribution in [1.82, 2.24) is 15.5 Å². The van der Waals surface area contributed by atoms with Gasteiger partial charge in [0.15, 0.2) is 0 Å². The van der Waals surface area contributed by atoms with Crippen LogP contribution in [0.25, 0.3) is 0 Å². The quantitative estimate of drug-likeness (QED) is 0.493. The molecule has 0 unspecified atom stereocenters. The molecule has 0 spiro atoms. The first-order chi connectivity index (χ1) is 6.36. The molecule has 0 bridgehead atoms. The van der Waals surface area contributed by atoms with Crippen LogP contribution in [0.1, 0.15) is 0 Å². The summed E-state index contributed by atoms with van der Waals surface area (Å²) >= 11 is 0. The van der Waals surface area contributed by atoms with Crippen LogP contribution in [0.2, 0.25) is 0 Å². The van der Waals surface area contributed by atoms with E-state index in [2.05, 4.69) is 21.6 Å². The minimum absolute atomic E-state index is 0.763. The molecular weight excluding hydrogens is 164 g/mol. The van der Waals surface area contributed by atoms with Gasteiger partial charge in [-0.1, -0.05) is 0 Å². The van der Waals surface area contributed by atoms with Crippen LogP contribution >= 0.6 is 0 Å². The van der Waals surface area contributed by atoms with Crippen molar-refractivity contribution in [2.24, 2.45) is 5.73 Å². The number of rotatable bonds is 1. The van der Waals surface area contributed by atoms with Crippen LogP contribution in [0.3, 0.4) is 0 Å². The molecule has 4 N–H and O–H groups in total. The monoisotopic (exact) mass is 180 g/mol. The van der Waals surface area contributed by atoms with E-state index in [1.54, 1.807) is 0 Å². The van der Waals surface area contributed by atoms with E-state index in [1.807, 2.05) is 6.08 Å². The minimum atomic E-state index is 0.763. The third-order valence-corrected chi connectivity index (χ3v) is 2.45. The molecule has 13 heavy (non-hydrogen) atoms. The zero-order chi connectivity index (χ0) is 9.10. The fourth-order valence-electron chi connectivity index (χ4n) is 1.67. The van der Waals surface area contributed by atoms with E-state index in [1.165, 1.54) is 5.70 Å². The Morgan fingerprint density at radius 1 is 1.23 bits per heavy atom. The molecule has 1 fully saturated rings. The molecule has 0 aromatic rings. The summed E-state index contributed by atoms with van der Waals surface area (Å²) in [4.78, 5) is 2.40. The Bertz CT molecular complexity index is 238. The van der Waals surface area contributed by atoms with Crippen molar-refractivity contribution in [3.63, 3.8) is 0 Å². The second-order valence-corrected chi connectivity index (χ2v) is 3.37. The Kier molecular flexibility index (Phi) is 2.40. The Balaban J connectivity index is 1.99. The lowest BCUT2D eigenvalue weighted by atomic mass is 10.2. The molecule has 4 heteroatoms. The van der Waals surface area contributed by atoms with E-state index in [0.717, 1.165) is 38.5 Å². The van der Waals surface area contributed by atoms with Gasteiger partial charge in [0.2, 0.25) is 0 Å². The molecule has 0 amide bonds. The Morgan fingerprint density at radius 2 is 2.00 bits per heavy atom. The highest BCUT2D eigenvalue weighted by molar-refractivity contribution is 5.21. The zero-order valence-electron chi connectivity index (χ0n) is 7.71. The molecule has 0 radical (unpaired) electrons.